The monoisotopic (exact) mass is 686 g/mol. The van der Waals surface area contributed by atoms with Gasteiger partial charge in [0.2, 0.25) is 0 Å². The summed E-state index contributed by atoms with van der Waals surface area (Å²) in [6, 6.07) is 24.0. The molecule has 0 unspecified atom stereocenters. The normalized spacial score (nSPS) is 11.7. The molecule has 2 aromatic heterocycles. The van der Waals surface area contributed by atoms with E-state index in [2.05, 4.69) is 25.9 Å². The molecule has 1 atom stereocenters. The summed E-state index contributed by atoms with van der Waals surface area (Å²) in [4.78, 5) is 21.4. The highest BCUT2D eigenvalue weighted by Crippen LogP contribution is 2.43. The number of carboxylic acid groups (broad SMARTS) is 1. The highest BCUT2D eigenvalue weighted by molar-refractivity contribution is 9.10. The van der Waals surface area contributed by atoms with Gasteiger partial charge in [-0.2, -0.15) is 0 Å². The first-order valence-electron chi connectivity index (χ1n) is 14.0. The van der Waals surface area contributed by atoms with Crippen LogP contribution in [0.3, 0.4) is 0 Å². The lowest BCUT2D eigenvalue weighted by molar-refractivity contribution is -0.145. The van der Waals surface area contributed by atoms with Gasteiger partial charge in [-0.15, -0.1) is 0 Å². The van der Waals surface area contributed by atoms with E-state index in [-0.39, 0.29) is 24.4 Å². The van der Waals surface area contributed by atoms with E-state index in [1.54, 1.807) is 43.6 Å². The van der Waals surface area contributed by atoms with Gasteiger partial charge in [-0.1, -0.05) is 30.3 Å². The van der Waals surface area contributed by atoms with E-state index in [9.17, 15) is 18.7 Å². The number of hydrogen-bond donors (Lipinski definition) is 1. The number of para-hydroxylation sites is 2. The van der Waals surface area contributed by atoms with Gasteiger partial charge in [0.15, 0.2) is 11.9 Å². The Labute approximate surface area is 270 Å². The van der Waals surface area contributed by atoms with Crippen LogP contribution in [-0.2, 0) is 17.8 Å². The number of benzene rings is 4. The second-order valence-corrected chi connectivity index (χ2v) is 10.9. The molecule has 0 radical (unpaired) electrons. The quantitative estimate of drug-likeness (QED) is 0.145. The molecule has 0 saturated carbocycles. The van der Waals surface area contributed by atoms with Crippen molar-refractivity contribution in [2.24, 2.45) is 0 Å². The van der Waals surface area contributed by atoms with Crippen molar-refractivity contribution in [1.29, 1.82) is 0 Å². The lowest BCUT2D eigenvalue weighted by Crippen LogP contribution is -2.29. The predicted octanol–water partition coefficient (Wildman–Crippen LogP) is 8.26. The standard InChI is InChI=1S/C35H25BrF2N2O6/c1-43-27-9-5-3-7-25(27)34-39-15-14-24(40-34)19-44-26-8-4-2-6-21(26)16-30(35(41)42)45-28-17-23(38)18-29-31(28)32(36)33(46-29)20-10-12-22(37)13-11-20/h2-15,17-18,30H,16,19H2,1H3,(H,41,42)/t30-/m1/s1. The highest BCUT2D eigenvalue weighted by atomic mass is 79.9. The molecule has 0 aliphatic carbocycles. The van der Waals surface area contributed by atoms with Crippen LogP contribution in [0.15, 0.2) is 106 Å². The van der Waals surface area contributed by atoms with Crippen LogP contribution in [0.4, 0.5) is 8.78 Å². The summed E-state index contributed by atoms with van der Waals surface area (Å²) < 4.78 is 52.0. The Morgan fingerprint density at radius 3 is 2.43 bits per heavy atom. The number of nitrogens with zero attached hydrogens (tertiary/aromatic N) is 2. The average molecular weight is 687 g/mol. The second-order valence-electron chi connectivity index (χ2n) is 10.1. The summed E-state index contributed by atoms with van der Waals surface area (Å²) in [5.74, 6) is -0.542. The molecule has 11 heteroatoms. The SMILES string of the molecule is COc1ccccc1-c1nccc(COc2ccccc2C[C@@H](Oc2cc(F)cc3oc(-c4ccc(F)cc4)c(Br)c23)C(=O)O)n1. The number of carboxylic acids is 1. The van der Waals surface area contributed by atoms with Crippen molar-refractivity contribution < 1.29 is 37.3 Å². The third kappa shape index (κ3) is 6.54. The Hall–Kier alpha value is -5.29. The first-order valence-corrected chi connectivity index (χ1v) is 14.8. The summed E-state index contributed by atoms with van der Waals surface area (Å²) in [5.41, 5.74) is 2.55. The molecule has 8 nitrogen and oxygen atoms in total. The van der Waals surface area contributed by atoms with Crippen molar-refractivity contribution >= 4 is 32.9 Å². The van der Waals surface area contributed by atoms with Crippen molar-refractivity contribution in [3.05, 3.63) is 125 Å². The summed E-state index contributed by atoms with van der Waals surface area (Å²) in [6.07, 6.45) is 0.116. The molecule has 46 heavy (non-hydrogen) atoms. The maximum atomic E-state index is 14.7. The van der Waals surface area contributed by atoms with Gasteiger partial charge in [-0.3, -0.25) is 0 Å². The maximum Gasteiger partial charge on any atom is 0.345 e. The van der Waals surface area contributed by atoms with Gasteiger partial charge in [0.1, 0.15) is 46.8 Å². The lowest BCUT2D eigenvalue weighted by Gasteiger charge is -2.18. The number of fused-ring (bicyclic) bond motifs is 1. The third-order valence-corrected chi connectivity index (χ3v) is 7.88. The zero-order valence-electron chi connectivity index (χ0n) is 24.2. The molecule has 6 aromatic rings. The molecule has 0 fully saturated rings. The molecule has 2 heterocycles. The van der Waals surface area contributed by atoms with Crippen LogP contribution in [0, 0.1) is 11.6 Å². The van der Waals surface area contributed by atoms with Gasteiger partial charge in [-0.05, 0) is 70.0 Å². The van der Waals surface area contributed by atoms with Gasteiger partial charge in [0.05, 0.1) is 28.2 Å². The molecule has 4 aromatic carbocycles. The van der Waals surface area contributed by atoms with Gasteiger partial charge < -0.3 is 23.7 Å². The summed E-state index contributed by atoms with van der Waals surface area (Å²) in [7, 11) is 1.58. The Bertz CT molecular complexity index is 2030. The van der Waals surface area contributed by atoms with Gasteiger partial charge in [0.25, 0.3) is 0 Å². The van der Waals surface area contributed by atoms with E-state index in [0.29, 0.717) is 49.8 Å². The number of hydrogen-bond acceptors (Lipinski definition) is 7. The zero-order chi connectivity index (χ0) is 32.2. The Kier molecular flexibility index (Phi) is 8.93. The van der Waals surface area contributed by atoms with Crippen LogP contribution >= 0.6 is 15.9 Å². The zero-order valence-corrected chi connectivity index (χ0v) is 25.8. The van der Waals surface area contributed by atoms with Crippen molar-refractivity contribution in [1.82, 2.24) is 9.97 Å². The van der Waals surface area contributed by atoms with E-state index in [0.717, 1.165) is 11.6 Å². The predicted molar refractivity (Wildman–Crippen MR) is 170 cm³/mol. The van der Waals surface area contributed by atoms with Gasteiger partial charge >= 0.3 is 5.97 Å². The average Bonchev–Trinajstić information content (AvgIpc) is 3.40. The maximum absolute atomic E-state index is 14.7. The molecular weight excluding hydrogens is 662 g/mol. The molecule has 232 valence electrons. The summed E-state index contributed by atoms with van der Waals surface area (Å²) >= 11 is 3.48. The molecule has 0 spiro atoms. The third-order valence-electron chi connectivity index (χ3n) is 7.13. The fourth-order valence-electron chi connectivity index (χ4n) is 4.94. The van der Waals surface area contributed by atoms with E-state index in [1.165, 1.54) is 30.3 Å². The van der Waals surface area contributed by atoms with Crippen LogP contribution < -0.4 is 14.2 Å². The first kappa shape index (κ1) is 30.7. The number of halogens is 3. The molecule has 0 bridgehead atoms. The second kappa shape index (κ2) is 13.4. The molecule has 1 N–H and O–H groups in total. The molecule has 0 aliphatic heterocycles. The fourth-order valence-corrected chi connectivity index (χ4v) is 5.64. The van der Waals surface area contributed by atoms with Gasteiger partial charge in [-0.25, -0.2) is 23.5 Å². The number of furan rings is 1. The van der Waals surface area contributed by atoms with Crippen LogP contribution in [0.1, 0.15) is 11.3 Å². The fraction of sp³-hybridized carbons (Fsp3) is 0.114. The Morgan fingerprint density at radius 2 is 1.67 bits per heavy atom. The minimum atomic E-state index is -1.41. The number of ether oxygens (including phenoxy) is 3. The highest BCUT2D eigenvalue weighted by Gasteiger charge is 2.26. The summed E-state index contributed by atoms with van der Waals surface area (Å²) in [5, 5.41) is 10.5. The molecule has 0 saturated heterocycles. The van der Waals surface area contributed by atoms with Crippen molar-refractivity contribution in [3.63, 3.8) is 0 Å². The Balaban J connectivity index is 1.24. The molecule has 0 amide bonds. The molecule has 6 rings (SSSR count). The smallest absolute Gasteiger partial charge is 0.345 e. The van der Waals surface area contributed by atoms with Crippen molar-refractivity contribution in [2.45, 2.75) is 19.1 Å². The van der Waals surface area contributed by atoms with Crippen LogP contribution in [-0.4, -0.2) is 34.3 Å². The molecule has 0 aliphatic rings. The van der Waals surface area contributed by atoms with Crippen LogP contribution in [0.2, 0.25) is 0 Å². The van der Waals surface area contributed by atoms with Crippen molar-refractivity contribution in [3.8, 4) is 40.0 Å². The Morgan fingerprint density at radius 1 is 0.935 bits per heavy atom. The van der Waals surface area contributed by atoms with E-state index >= 15 is 0 Å². The van der Waals surface area contributed by atoms with Crippen molar-refractivity contribution in [2.75, 3.05) is 7.11 Å². The first-order chi connectivity index (χ1) is 22.3. The summed E-state index contributed by atoms with van der Waals surface area (Å²) in [6.45, 7) is 0.0823. The molecular formula is C35H25BrF2N2O6. The van der Waals surface area contributed by atoms with Crippen LogP contribution in [0.5, 0.6) is 17.2 Å². The number of methoxy groups -OCH3 is 1. The van der Waals surface area contributed by atoms with Gasteiger partial charge in [0, 0.05) is 30.3 Å². The van der Waals surface area contributed by atoms with E-state index in [1.807, 2.05) is 24.3 Å². The number of carbonyl (C=O) groups is 1. The number of aliphatic carboxylic acids is 1. The number of rotatable bonds is 11. The number of aromatic nitrogens is 2. The minimum Gasteiger partial charge on any atom is -0.496 e. The topological polar surface area (TPSA) is 104 Å². The lowest BCUT2D eigenvalue weighted by atomic mass is 10.1. The van der Waals surface area contributed by atoms with Crippen LogP contribution in [0.25, 0.3) is 33.7 Å². The largest absolute Gasteiger partial charge is 0.496 e. The van der Waals surface area contributed by atoms with E-state index in [4.69, 9.17) is 18.6 Å². The minimum absolute atomic E-state index is 0.0327. The van der Waals surface area contributed by atoms with E-state index < -0.39 is 23.7 Å².